The van der Waals surface area contributed by atoms with Gasteiger partial charge in [0.25, 0.3) is 5.91 Å². The molecular weight excluding hydrogens is 388 g/mol. The van der Waals surface area contributed by atoms with Crippen molar-refractivity contribution in [3.05, 3.63) is 111 Å². The maximum atomic E-state index is 13.6. The number of benzene rings is 2. The Labute approximate surface area is 180 Å². The van der Waals surface area contributed by atoms with E-state index in [9.17, 15) is 9.59 Å². The Balaban J connectivity index is 1.72. The van der Waals surface area contributed by atoms with Gasteiger partial charge in [-0.2, -0.15) is 0 Å². The largest absolute Gasteiger partial charge is 0.450 e. The lowest BCUT2D eigenvalue weighted by Gasteiger charge is -2.25. The zero-order valence-corrected chi connectivity index (χ0v) is 17.5. The second kappa shape index (κ2) is 7.51. The van der Waals surface area contributed by atoms with Gasteiger partial charge in [0.2, 0.25) is 5.76 Å². The van der Waals surface area contributed by atoms with Gasteiger partial charge >= 0.3 is 0 Å². The van der Waals surface area contributed by atoms with Crippen LogP contribution in [0.15, 0.2) is 76.2 Å². The van der Waals surface area contributed by atoms with Crippen molar-refractivity contribution in [2.75, 3.05) is 0 Å². The number of nitrogens with zero attached hydrogens (tertiary/aromatic N) is 2. The van der Waals surface area contributed by atoms with Crippen molar-refractivity contribution in [2.45, 2.75) is 32.9 Å². The highest BCUT2D eigenvalue weighted by Crippen LogP contribution is 2.39. The van der Waals surface area contributed by atoms with E-state index in [0.717, 1.165) is 23.1 Å². The summed E-state index contributed by atoms with van der Waals surface area (Å²) in [7, 11) is 0. The third-order valence-electron chi connectivity index (χ3n) is 5.90. The van der Waals surface area contributed by atoms with Crippen LogP contribution in [0.4, 0.5) is 0 Å². The fraction of sp³-hybridized carbons (Fsp3) is 0.192. The van der Waals surface area contributed by atoms with E-state index in [4.69, 9.17) is 4.42 Å². The molecule has 0 saturated carbocycles. The normalized spacial score (nSPS) is 15.5. The molecule has 0 aliphatic carbocycles. The number of fused-ring (bicyclic) bond motifs is 2. The summed E-state index contributed by atoms with van der Waals surface area (Å²) in [6, 6.07) is 16.8. The fourth-order valence-corrected chi connectivity index (χ4v) is 4.27. The van der Waals surface area contributed by atoms with Crippen LogP contribution in [-0.2, 0) is 13.0 Å². The van der Waals surface area contributed by atoms with E-state index in [-0.39, 0.29) is 17.1 Å². The Morgan fingerprint density at radius 3 is 2.55 bits per heavy atom. The first kappa shape index (κ1) is 19.2. The van der Waals surface area contributed by atoms with Crippen LogP contribution < -0.4 is 5.43 Å². The lowest BCUT2D eigenvalue weighted by Crippen LogP contribution is -2.29. The predicted octanol–water partition coefficient (Wildman–Crippen LogP) is 4.80. The summed E-state index contributed by atoms with van der Waals surface area (Å²) in [6.07, 6.45) is 4.36. The number of carbonyl (C=O) groups excluding carboxylic acids is 1. The van der Waals surface area contributed by atoms with Crippen LogP contribution in [0.2, 0.25) is 0 Å². The van der Waals surface area contributed by atoms with Gasteiger partial charge in [-0.15, -0.1) is 0 Å². The average Bonchev–Trinajstić information content (AvgIpc) is 3.07. The summed E-state index contributed by atoms with van der Waals surface area (Å²) in [5.41, 5.74) is 4.67. The van der Waals surface area contributed by atoms with Crippen LogP contribution in [0, 0.1) is 6.92 Å². The maximum Gasteiger partial charge on any atom is 0.291 e. The zero-order chi connectivity index (χ0) is 21.5. The Bertz CT molecular complexity index is 1340. The van der Waals surface area contributed by atoms with Gasteiger partial charge in [0.1, 0.15) is 5.58 Å². The molecular formula is C26H22N2O3. The molecule has 0 saturated heterocycles. The summed E-state index contributed by atoms with van der Waals surface area (Å²) in [5.74, 6) is -0.141. The van der Waals surface area contributed by atoms with E-state index < -0.39 is 6.04 Å². The van der Waals surface area contributed by atoms with Crippen LogP contribution in [0.5, 0.6) is 0 Å². The lowest BCUT2D eigenvalue weighted by atomic mass is 9.96. The quantitative estimate of drug-likeness (QED) is 0.485. The molecule has 5 rings (SSSR count). The number of rotatable bonds is 4. The van der Waals surface area contributed by atoms with Gasteiger partial charge < -0.3 is 9.32 Å². The summed E-state index contributed by atoms with van der Waals surface area (Å²) in [4.78, 5) is 32.9. The van der Waals surface area contributed by atoms with E-state index in [0.29, 0.717) is 23.1 Å². The molecule has 0 spiro atoms. The summed E-state index contributed by atoms with van der Waals surface area (Å²) in [6.45, 7) is 4.38. The molecule has 4 aromatic rings. The number of aromatic nitrogens is 1. The highest BCUT2D eigenvalue weighted by molar-refractivity contribution is 5.99. The van der Waals surface area contributed by atoms with Crippen molar-refractivity contribution in [3.63, 3.8) is 0 Å². The number of hydrogen-bond donors (Lipinski definition) is 0. The molecule has 154 valence electrons. The molecule has 0 bridgehead atoms. The molecule has 31 heavy (non-hydrogen) atoms. The second-order valence-corrected chi connectivity index (χ2v) is 7.97. The molecule has 1 aliphatic rings. The molecule has 1 atom stereocenters. The maximum absolute atomic E-state index is 13.6. The number of amides is 1. The molecule has 1 amide bonds. The van der Waals surface area contributed by atoms with E-state index in [1.165, 1.54) is 5.56 Å². The van der Waals surface area contributed by atoms with Crippen molar-refractivity contribution in [3.8, 4) is 0 Å². The number of pyridine rings is 1. The topological polar surface area (TPSA) is 63.4 Å². The van der Waals surface area contributed by atoms with Crippen molar-refractivity contribution < 1.29 is 9.21 Å². The molecule has 0 radical (unpaired) electrons. The third-order valence-corrected chi connectivity index (χ3v) is 5.90. The van der Waals surface area contributed by atoms with Gasteiger partial charge in [0.15, 0.2) is 5.43 Å². The predicted molar refractivity (Wildman–Crippen MR) is 119 cm³/mol. The standard InChI is InChI=1S/C26H22N2O3/c1-3-17-7-9-19(10-8-17)23-22-24(29)20-13-16(2)6-11-21(20)31-25(22)26(30)28(23)15-18-5-4-12-27-14-18/h4-14,23H,3,15H2,1-2H3/t23-/m0/s1. The van der Waals surface area contributed by atoms with E-state index in [1.54, 1.807) is 23.4 Å². The minimum Gasteiger partial charge on any atom is -0.450 e. The van der Waals surface area contributed by atoms with Gasteiger partial charge in [0, 0.05) is 18.9 Å². The van der Waals surface area contributed by atoms with E-state index in [2.05, 4.69) is 11.9 Å². The first-order valence-electron chi connectivity index (χ1n) is 10.4. The minimum absolute atomic E-state index is 0.134. The highest BCUT2D eigenvalue weighted by atomic mass is 16.3. The van der Waals surface area contributed by atoms with E-state index in [1.807, 2.05) is 55.5 Å². The van der Waals surface area contributed by atoms with Crippen molar-refractivity contribution in [1.29, 1.82) is 0 Å². The van der Waals surface area contributed by atoms with Gasteiger partial charge in [0.05, 0.1) is 17.0 Å². The van der Waals surface area contributed by atoms with Crippen LogP contribution >= 0.6 is 0 Å². The smallest absolute Gasteiger partial charge is 0.291 e. The van der Waals surface area contributed by atoms with Crippen molar-refractivity contribution in [1.82, 2.24) is 9.88 Å². The summed E-state index contributed by atoms with van der Waals surface area (Å²) in [5, 5.41) is 0.505. The number of hydrogen-bond acceptors (Lipinski definition) is 4. The third kappa shape index (κ3) is 3.22. The molecule has 0 unspecified atom stereocenters. The molecule has 2 aromatic heterocycles. The van der Waals surface area contributed by atoms with E-state index >= 15 is 0 Å². The molecule has 5 nitrogen and oxygen atoms in total. The molecule has 5 heteroatoms. The monoisotopic (exact) mass is 410 g/mol. The Hall–Kier alpha value is -3.73. The fourth-order valence-electron chi connectivity index (χ4n) is 4.27. The molecule has 3 heterocycles. The van der Waals surface area contributed by atoms with Crippen molar-refractivity contribution in [2.24, 2.45) is 0 Å². The van der Waals surface area contributed by atoms with Gasteiger partial charge in [-0.05, 0) is 48.2 Å². The Kier molecular flexibility index (Phi) is 4.66. The number of aryl methyl sites for hydroxylation is 2. The second-order valence-electron chi connectivity index (χ2n) is 7.97. The van der Waals surface area contributed by atoms with Gasteiger partial charge in [-0.3, -0.25) is 14.6 Å². The van der Waals surface area contributed by atoms with Crippen LogP contribution in [0.3, 0.4) is 0 Å². The first-order valence-corrected chi connectivity index (χ1v) is 10.4. The minimum atomic E-state index is -0.505. The van der Waals surface area contributed by atoms with Crippen LogP contribution in [0.1, 0.15) is 51.3 Å². The SMILES string of the molecule is CCc1ccc([C@H]2c3c(oc4ccc(C)cc4c3=O)C(=O)N2Cc2cccnc2)cc1. The number of carbonyl (C=O) groups is 1. The van der Waals surface area contributed by atoms with Crippen LogP contribution in [0.25, 0.3) is 11.0 Å². The first-order chi connectivity index (χ1) is 15.1. The van der Waals surface area contributed by atoms with Gasteiger partial charge in [-0.1, -0.05) is 48.9 Å². The Morgan fingerprint density at radius 2 is 1.84 bits per heavy atom. The van der Waals surface area contributed by atoms with Gasteiger partial charge in [-0.25, -0.2) is 0 Å². The highest BCUT2D eigenvalue weighted by Gasteiger charge is 2.42. The van der Waals surface area contributed by atoms with Crippen LogP contribution in [-0.4, -0.2) is 15.8 Å². The molecule has 2 aromatic carbocycles. The molecule has 1 aliphatic heterocycles. The summed E-state index contributed by atoms with van der Waals surface area (Å²) >= 11 is 0. The van der Waals surface area contributed by atoms with Crippen molar-refractivity contribution >= 4 is 16.9 Å². The zero-order valence-electron chi connectivity index (χ0n) is 17.5. The molecule has 0 fully saturated rings. The average molecular weight is 410 g/mol. The lowest BCUT2D eigenvalue weighted by molar-refractivity contribution is 0.0714. The molecule has 0 N–H and O–H groups in total. The Morgan fingerprint density at radius 1 is 1.03 bits per heavy atom. The summed E-state index contributed by atoms with van der Waals surface area (Å²) < 4.78 is 6.01.